The van der Waals surface area contributed by atoms with Gasteiger partial charge in [-0.15, -0.1) is 0 Å². The lowest BCUT2D eigenvalue weighted by atomic mass is 10.1. The number of benzene rings is 1. The van der Waals surface area contributed by atoms with E-state index in [-0.39, 0.29) is 12.0 Å². The highest BCUT2D eigenvalue weighted by Gasteiger charge is 2.21. The smallest absolute Gasteiger partial charge is 0.165 e. The van der Waals surface area contributed by atoms with Crippen LogP contribution < -0.4 is 14.8 Å². The third kappa shape index (κ3) is 4.06. The number of anilines is 1. The van der Waals surface area contributed by atoms with Crippen LogP contribution in [0.3, 0.4) is 0 Å². The van der Waals surface area contributed by atoms with Crippen LogP contribution in [0.25, 0.3) is 11.2 Å². The van der Waals surface area contributed by atoms with Gasteiger partial charge in [-0.25, -0.2) is 15.0 Å². The van der Waals surface area contributed by atoms with Crippen LogP contribution in [0.2, 0.25) is 0 Å². The third-order valence-electron chi connectivity index (χ3n) is 5.59. The highest BCUT2D eigenvalue weighted by Crippen LogP contribution is 2.33. The minimum atomic E-state index is 0.265. The number of rotatable bonds is 8. The molecule has 2 aromatic heterocycles. The maximum absolute atomic E-state index is 6.29. The molecule has 1 N–H and O–H groups in total. The molecule has 160 valence electrons. The van der Waals surface area contributed by atoms with Crippen molar-refractivity contribution in [1.82, 2.24) is 19.5 Å². The first-order chi connectivity index (χ1) is 14.6. The SMILES string of the molecule is CCNc1ncnc2c1nc(C(C)C)n2Cc1ccc(OC)c(OC2CCCC2)c1. The van der Waals surface area contributed by atoms with Gasteiger partial charge in [0.25, 0.3) is 0 Å². The molecule has 1 aliphatic rings. The number of hydrogen-bond donors (Lipinski definition) is 1. The normalized spacial score (nSPS) is 14.6. The number of imidazole rings is 1. The summed E-state index contributed by atoms with van der Waals surface area (Å²) in [4.78, 5) is 13.8. The van der Waals surface area contributed by atoms with Gasteiger partial charge in [-0.2, -0.15) is 0 Å². The number of nitrogens with one attached hydrogen (secondary N) is 1. The van der Waals surface area contributed by atoms with Gasteiger partial charge in [-0.05, 0) is 50.3 Å². The molecule has 1 aromatic carbocycles. The van der Waals surface area contributed by atoms with Crippen LogP contribution >= 0.6 is 0 Å². The summed E-state index contributed by atoms with van der Waals surface area (Å²) in [5.74, 6) is 3.64. The maximum Gasteiger partial charge on any atom is 0.165 e. The number of methoxy groups -OCH3 is 1. The van der Waals surface area contributed by atoms with Crippen LogP contribution in [0.5, 0.6) is 11.5 Å². The summed E-state index contributed by atoms with van der Waals surface area (Å²) in [6.45, 7) is 7.81. The van der Waals surface area contributed by atoms with Crippen molar-refractivity contribution < 1.29 is 9.47 Å². The van der Waals surface area contributed by atoms with Gasteiger partial charge in [0.15, 0.2) is 28.5 Å². The molecule has 3 aromatic rings. The molecule has 0 bridgehead atoms. The Bertz CT molecular complexity index is 1010. The summed E-state index contributed by atoms with van der Waals surface area (Å²) < 4.78 is 14.0. The summed E-state index contributed by atoms with van der Waals surface area (Å²) in [6.07, 6.45) is 6.58. The van der Waals surface area contributed by atoms with E-state index in [2.05, 4.69) is 52.8 Å². The molecule has 0 aliphatic heterocycles. The molecule has 1 saturated carbocycles. The summed E-state index contributed by atoms with van der Waals surface area (Å²) >= 11 is 0. The zero-order valence-corrected chi connectivity index (χ0v) is 18.3. The predicted octanol–water partition coefficient (Wildman–Crippen LogP) is 4.76. The van der Waals surface area contributed by atoms with Gasteiger partial charge in [0.2, 0.25) is 0 Å². The average Bonchev–Trinajstić information content (AvgIpc) is 3.37. The Kier molecular flexibility index (Phi) is 6.06. The molecular formula is C23H31N5O2. The van der Waals surface area contributed by atoms with Crippen LogP contribution in [0, 0.1) is 0 Å². The van der Waals surface area contributed by atoms with Gasteiger partial charge in [0.05, 0.1) is 19.8 Å². The summed E-state index contributed by atoms with van der Waals surface area (Å²) in [6, 6.07) is 6.18. The van der Waals surface area contributed by atoms with E-state index in [0.29, 0.717) is 6.54 Å². The molecular weight excluding hydrogens is 378 g/mol. The van der Waals surface area contributed by atoms with E-state index < -0.39 is 0 Å². The Hall–Kier alpha value is -2.83. The topological polar surface area (TPSA) is 74.1 Å². The lowest BCUT2D eigenvalue weighted by molar-refractivity contribution is 0.200. The standard InChI is InChI=1S/C23H31N5O2/c1-5-24-21-20-23(26-14-25-21)28(22(27-20)15(2)3)13-16-10-11-18(29-4)19(12-16)30-17-8-6-7-9-17/h10-12,14-15,17H,5-9,13H2,1-4H3,(H,24,25,26). The zero-order chi connectivity index (χ0) is 21.1. The highest BCUT2D eigenvalue weighted by atomic mass is 16.5. The van der Waals surface area contributed by atoms with Crippen molar-refractivity contribution in [3.05, 3.63) is 35.9 Å². The van der Waals surface area contributed by atoms with E-state index in [9.17, 15) is 0 Å². The van der Waals surface area contributed by atoms with Crippen molar-refractivity contribution in [2.45, 2.75) is 65.0 Å². The molecule has 2 heterocycles. The largest absolute Gasteiger partial charge is 0.493 e. The Morgan fingerprint density at radius 3 is 2.67 bits per heavy atom. The van der Waals surface area contributed by atoms with Gasteiger partial charge in [0, 0.05) is 12.5 Å². The van der Waals surface area contributed by atoms with Crippen molar-refractivity contribution in [2.75, 3.05) is 19.0 Å². The number of fused-ring (bicyclic) bond motifs is 1. The fourth-order valence-electron chi connectivity index (χ4n) is 4.13. The van der Waals surface area contributed by atoms with Crippen LogP contribution in [0.1, 0.15) is 63.8 Å². The van der Waals surface area contributed by atoms with E-state index in [4.69, 9.17) is 14.5 Å². The molecule has 0 atom stereocenters. The molecule has 0 amide bonds. The first-order valence-corrected chi connectivity index (χ1v) is 10.9. The monoisotopic (exact) mass is 409 g/mol. The number of ether oxygens (including phenoxy) is 2. The fraction of sp³-hybridized carbons (Fsp3) is 0.522. The van der Waals surface area contributed by atoms with Gasteiger partial charge in [0.1, 0.15) is 12.2 Å². The number of hydrogen-bond acceptors (Lipinski definition) is 6. The van der Waals surface area contributed by atoms with E-state index in [0.717, 1.165) is 59.3 Å². The Labute approximate surface area is 177 Å². The molecule has 1 fully saturated rings. The first-order valence-electron chi connectivity index (χ1n) is 10.9. The molecule has 0 saturated heterocycles. The maximum atomic E-state index is 6.29. The Morgan fingerprint density at radius 1 is 1.17 bits per heavy atom. The molecule has 1 aliphatic carbocycles. The Morgan fingerprint density at radius 2 is 1.97 bits per heavy atom. The highest BCUT2D eigenvalue weighted by molar-refractivity contribution is 5.83. The van der Waals surface area contributed by atoms with Crippen molar-refractivity contribution in [1.29, 1.82) is 0 Å². The molecule has 7 heteroatoms. The van der Waals surface area contributed by atoms with Gasteiger partial charge < -0.3 is 19.4 Å². The van der Waals surface area contributed by atoms with E-state index in [1.54, 1.807) is 13.4 Å². The quantitative estimate of drug-likeness (QED) is 0.578. The van der Waals surface area contributed by atoms with Crippen molar-refractivity contribution >= 4 is 17.0 Å². The number of aromatic nitrogens is 4. The Balaban J connectivity index is 1.71. The zero-order valence-electron chi connectivity index (χ0n) is 18.3. The van der Waals surface area contributed by atoms with Crippen LogP contribution in [-0.4, -0.2) is 39.3 Å². The lowest BCUT2D eigenvalue weighted by Gasteiger charge is -2.17. The average molecular weight is 410 g/mol. The van der Waals surface area contributed by atoms with Crippen LogP contribution in [0.4, 0.5) is 5.82 Å². The van der Waals surface area contributed by atoms with Gasteiger partial charge in [-0.3, -0.25) is 0 Å². The molecule has 0 spiro atoms. The van der Waals surface area contributed by atoms with Crippen LogP contribution in [0.15, 0.2) is 24.5 Å². The molecule has 0 radical (unpaired) electrons. The van der Waals surface area contributed by atoms with E-state index >= 15 is 0 Å². The molecule has 0 unspecified atom stereocenters. The minimum absolute atomic E-state index is 0.265. The predicted molar refractivity (Wildman–Crippen MR) is 119 cm³/mol. The molecule has 7 nitrogen and oxygen atoms in total. The van der Waals surface area contributed by atoms with Crippen molar-refractivity contribution in [3.63, 3.8) is 0 Å². The summed E-state index contributed by atoms with van der Waals surface area (Å²) in [7, 11) is 1.69. The second-order valence-corrected chi connectivity index (χ2v) is 8.15. The third-order valence-corrected chi connectivity index (χ3v) is 5.59. The van der Waals surface area contributed by atoms with Crippen molar-refractivity contribution in [2.24, 2.45) is 0 Å². The van der Waals surface area contributed by atoms with Crippen LogP contribution in [-0.2, 0) is 6.54 Å². The fourth-order valence-corrected chi connectivity index (χ4v) is 4.13. The summed E-state index contributed by atoms with van der Waals surface area (Å²) in [5, 5.41) is 3.29. The molecule has 30 heavy (non-hydrogen) atoms. The lowest BCUT2D eigenvalue weighted by Crippen LogP contribution is -2.12. The minimum Gasteiger partial charge on any atom is -0.493 e. The second-order valence-electron chi connectivity index (χ2n) is 8.15. The van der Waals surface area contributed by atoms with Crippen molar-refractivity contribution in [3.8, 4) is 11.5 Å². The second kappa shape index (κ2) is 8.90. The van der Waals surface area contributed by atoms with E-state index in [1.165, 1.54) is 12.8 Å². The van der Waals surface area contributed by atoms with Gasteiger partial charge >= 0.3 is 0 Å². The van der Waals surface area contributed by atoms with E-state index in [1.807, 2.05) is 6.07 Å². The first kappa shape index (κ1) is 20.4. The summed E-state index contributed by atoms with van der Waals surface area (Å²) in [5.41, 5.74) is 2.80. The number of nitrogens with zero attached hydrogens (tertiary/aromatic N) is 4. The van der Waals surface area contributed by atoms with Gasteiger partial charge in [-0.1, -0.05) is 19.9 Å². The molecule has 4 rings (SSSR count).